The van der Waals surface area contributed by atoms with Crippen molar-refractivity contribution in [1.82, 2.24) is 4.98 Å². The van der Waals surface area contributed by atoms with Crippen molar-refractivity contribution in [2.45, 2.75) is 37.9 Å². The number of nitro groups is 1. The Morgan fingerprint density at radius 1 is 1.42 bits per heavy atom. The third kappa shape index (κ3) is 3.54. The second-order valence-electron chi connectivity index (χ2n) is 4.48. The minimum absolute atomic E-state index is 0.0146. The standard InChI is InChI=1S/C12H15ClN2O4/c1-18-8-3-2-4-9(7-8)19-12-10(15(16)17)5-6-11(13)14-12/h5-6,8-9H,2-4,7H2,1H3. The van der Waals surface area contributed by atoms with E-state index in [1.54, 1.807) is 7.11 Å². The van der Waals surface area contributed by atoms with E-state index < -0.39 is 4.92 Å². The molecule has 0 aromatic carbocycles. The van der Waals surface area contributed by atoms with Crippen molar-refractivity contribution in [2.75, 3.05) is 7.11 Å². The van der Waals surface area contributed by atoms with Gasteiger partial charge in [0.2, 0.25) is 0 Å². The van der Waals surface area contributed by atoms with E-state index in [1.807, 2.05) is 0 Å². The van der Waals surface area contributed by atoms with E-state index >= 15 is 0 Å². The Balaban J connectivity index is 2.13. The van der Waals surface area contributed by atoms with Gasteiger partial charge in [-0.25, -0.2) is 0 Å². The summed E-state index contributed by atoms with van der Waals surface area (Å²) in [5.41, 5.74) is -0.163. The van der Waals surface area contributed by atoms with Crippen molar-refractivity contribution in [3.8, 4) is 5.88 Å². The van der Waals surface area contributed by atoms with Gasteiger partial charge in [0.15, 0.2) is 0 Å². The van der Waals surface area contributed by atoms with Crippen molar-refractivity contribution in [3.05, 3.63) is 27.4 Å². The van der Waals surface area contributed by atoms with E-state index in [9.17, 15) is 10.1 Å². The fourth-order valence-corrected chi connectivity index (χ4v) is 2.36. The van der Waals surface area contributed by atoms with E-state index in [-0.39, 0.29) is 28.9 Å². The Hall–Kier alpha value is -1.40. The second kappa shape index (κ2) is 6.16. The van der Waals surface area contributed by atoms with Crippen molar-refractivity contribution >= 4 is 17.3 Å². The van der Waals surface area contributed by atoms with Crippen LogP contribution in [0.3, 0.4) is 0 Å². The summed E-state index contributed by atoms with van der Waals surface area (Å²) in [7, 11) is 1.66. The molecule has 0 bridgehead atoms. The van der Waals surface area contributed by atoms with Crippen LogP contribution in [0.5, 0.6) is 5.88 Å². The van der Waals surface area contributed by atoms with Crippen molar-refractivity contribution in [3.63, 3.8) is 0 Å². The highest BCUT2D eigenvalue weighted by molar-refractivity contribution is 6.29. The summed E-state index contributed by atoms with van der Waals surface area (Å²) in [4.78, 5) is 14.3. The number of hydrogen-bond donors (Lipinski definition) is 0. The largest absolute Gasteiger partial charge is 0.469 e. The van der Waals surface area contributed by atoms with E-state index in [1.165, 1.54) is 12.1 Å². The van der Waals surface area contributed by atoms with Gasteiger partial charge in [-0.1, -0.05) is 11.6 Å². The predicted molar refractivity (Wildman–Crippen MR) is 69.6 cm³/mol. The molecule has 0 amide bonds. The maximum Gasteiger partial charge on any atom is 0.331 e. The van der Waals surface area contributed by atoms with E-state index in [4.69, 9.17) is 21.1 Å². The van der Waals surface area contributed by atoms with Gasteiger partial charge in [-0.05, 0) is 25.3 Å². The number of nitrogens with zero attached hydrogens (tertiary/aromatic N) is 2. The molecular formula is C12H15ClN2O4. The molecule has 1 aromatic heterocycles. The molecule has 1 fully saturated rings. The van der Waals surface area contributed by atoms with Gasteiger partial charge in [0.1, 0.15) is 11.3 Å². The fraction of sp³-hybridized carbons (Fsp3) is 0.583. The maximum absolute atomic E-state index is 10.9. The number of ether oxygens (including phenoxy) is 2. The molecule has 1 saturated carbocycles. The number of pyridine rings is 1. The first kappa shape index (κ1) is 14.0. The fourth-order valence-electron chi connectivity index (χ4n) is 2.22. The number of halogens is 1. The van der Waals surface area contributed by atoms with Crippen LogP contribution in [0, 0.1) is 10.1 Å². The molecule has 7 heteroatoms. The number of aromatic nitrogens is 1. The van der Waals surface area contributed by atoms with Gasteiger partial charge >= 0.3 is 5.69 Å². The van der Waals surface area contributed by atoms with Gasteiger partial charge in [0.25, 0.3) is 5.88 Å². The van der Waals surface area contributed by atoms with Gasteiger partial charge < -0.3 is 9.47 Å². The quantitative estimate of drug-likeness (QED) is 0.483. The highest BCUT2D eigenvalue weighted by atomic mass is 35.5. The molecule has 0 N–H and O–H groups in total. The minimum atomic E-state index is -0.519. The molecule has 2 rings (SSSR count). The molecule has 0 spiro atoms. The molecule has 2 unspecified atom stereocenters. The van der Waals surface area contributed by atoms with Crippen LogP contribution in [-0.2, 0) is 4.74 Å². The summed E-state index contributed by atoms with van der Waals surface area (Å²) in [6.07, 6.45) is 3.52. The van der Waals surface area contributed by atoms with Gasteiger partial charge in [0.05, 0.1) is 11.0 Å². The van der Waals surface area contributed by atoms with E-state index in [0.717, 1.165) is 19.3 Å². The lowest BCUT2D eigenvalue weighted by atomic mass is 9.95. The zero-order chi connectivity index (χ0) is 13.8. The smallest absolute Gasteiger partial charge is 0.331 e. The zero-order valence-corrected chi connectivity index (χ0v) is 11.3. The minimum Gasteiger partial charge on any atom is -0.469 e. The zero-order valence-electron chi connectivity index (χ0n) is 10.5. The van der Waals surface area contributed by atoms with Crippen LogP contribution in [0.1, 0.15) is 25.7 Å². The number of methoxy groups -OCH3 is 1. The Morgan fingerprint density at radius 2 is 2.16 bits per heavy atom. The SMILES string of the molecule is COC1CCCC(Oc2nc(Cl)ccc2[N+](=O)[O-])C1. The summed E-state index contributed by atoms with van der Waals surface area (Å²) in [5, 5.41) is 11.1. The van der Waals surface area contributed by atoms with E-state index in [2.05, 4.69) is 4.98 Å². The Bertz CT molecular complexity index is 469. The van der Waals surface area contributed by atoms with Crippen molar-refractivity contribution < 1.29 is 14.4 Å². The summed E-state index contributed by atoms with van der Waals surface area (Å²) in [6.45, 7) is 0. The van der Waals surface area contributed by atoms with Crippen LogP contribution < -0.4 is 4.74 Å². The number of rotatable bonds is 4. The Kier molecular flexibility index (Phi) is 4.55. The van der Waals surface area contributed by atoms with Crippen molar-refractivity contribution in [1.29, 1.82) is 0 Å². The molecule has 1 aliphatic carbocycles. The van der Waals surface area contributed by atoms with Gasteiger partial charge in [-0.3, -0.25) is 10.1 Å². The molecule has 6 nitrogen and oxygen atoms in total. The lowest BCUT2D eigenvalue weighted by Gasteiger charge is -2.28. The topological polar surface area (TPSA) is 74.5 Å². The summed E-state index contributed by atoms with van der Waals surface area (Å²) < 4.78 is 10.9. The van der Waals surface area contributed by atoms with Gasteiger partial charge in [0, 0.05) is 19.6 Å². The van der Waals surface area contributed by atoms with Crippen LogP contribution >= 0.6 is 11.6 Å². The molecule has 2 atom stereocenters. The van der Waals surface area contributed by atoms with Gasteiger partial charge in [-0.15, -0.1) is 0 Å². The first-order valence-electron chi connectivity index (χ1n) is 6.10. The highest BCUT2D eigenvalue weighted by Crippen LogP contribution is 2.30. The highest BCUT2D eigenvalue weighted by Gasteiger charge is 2.26. The monoisotopic (exact) mass is 286 g/mol. The average molecular weight is 287 g/mol. The van der Waals surface area contributed by atoms with Gasteiger partial charge in [-0.2, -0.15) is 4.98 Å². The van der Waals surface area contributed by atoms with Crippen LogP contribution in [0.15, 0.2) is 12.1 Å². The lowest BCUT2D eigenvalue weighted by Crippen LogP contribution is -2.29. The Morgan fingerprint density at radius 3 is 2.84 bits per heavy atom. The van der Waals surface area contributed by atoms with Crippen LogP contribution in [0.4, 0.5) is 5.69 Å². The molecular weight excluding hydrogens is 272 g/mol. The van der Waals surface area contributed by atoms with E-state index in [0.29, 0.717) is 6.42 Å². The molecule has 1 heterocycles. The third-order valence-corrected chi connectivity index (χ3v) is 3.40. The first-order chi connectivity index (χ1) is 9.10. The predicted octanol–water partition coefficient (Wildman–Crippen LogP) is 2.98. The molecule has 104 valence electrons. The molecule has 1 aliphatic rings. The number of hydrogen-bond acceptors (Lipinski definition) is 5. The molecule has 19 heavy (non-hydrogen) atoms. The molecule has 0 radical (unpaired) electrons. The van der Waals surface area contributed by atoms with Crippen LogP contribution in [0.25, 0.3) is 0 Å². The third-order valence-electron chi connectivity index (χ3n) is 3.19. The second-order valence-corrected chi connectivity index (χ2v) is 4.87. The lowest BCUT2D eigenvalue weighted by molar-refractivity contribution is -0.386. The summed E-state index contributed by atoms with van der Waals surface area (Å²) >= 11 is 5.76. The maximum atomic E-state index is 10.9. The molecule has 0 aliphatic heterocycles. The van der Waals surface area contributed by atoms with Crippen LogP contribution in [-0.4, -0.2) is 29.2 Å². The summed E-state index contributed by atoms with van der Waals surface area (Å²) in [5.74, 6) is -0.0146. The van der Waals surface area contributed by atoms with Crippen molar-refractivity contribution in [2.24, 2.45) is 0 Å². The average Bonchev–Trinajstić information content (AvgIpc) is 2.38. The van der Waals surface area contributed by atoms with Crippen LogP contribution in [0.2, 0.25) is 5.15 Å². The Labute approximate surface area is 115 Å². The molecule has 0 saturated heterocycles. The molecule has 1 aromatic rings. The first-order valence-corrected chi connectivity index (χ1v) is 6.48. The summed E-state index contributed by atoms with van der Waals surface area (Å²) in [6, 6.07) is 2.69. The normalized spacial score (nSPS) is 23.1.